The third-order valence-electron chi connectivity index (χ3n) is 5.30. The van der Waals surface area contributed by atoms with E-state index in [4.69, 9.17) is 10.5 Å². The molecule has 1 heterocycles. The number of morpholine rings is 1. The summed E-state index contributed by atoms with van der Waals surface area (Å²) in [6.07, 6.45) is 3.56. The number of ether oxygens (including phenoxy) is 1. The molecule has 1 saturated heterocycles. The van der Waals surface area contributed by atoms with Gasteiger partial charge >= 0.3 is 0 Å². The number of nitrogens with zero attached hydrogens (tertiary/aromatic N) is 1. The van der Waals surface area contributed by atoms with Crippen molar-refractivity contribution in [3.63, 3.8) is 0 Å². The van der Waals surface area contributed by atoms with Gasteiger partial charge in [-0.25, -0.2) is 0 Å². The third-order valence-corrected chi connectivity index (χ3v) is 5.30. The summed E-state index contributed by atoms with van der Waals surface area (Å²) in [5, 5.41) is 2.97. The van der Waals surface area contributed by atoms with Crippen molar-refractivity contribution in [2.24, 2.45) is 11.7 Å². The highest BCUT2D eigenvalue weighted by atomic mass is 35.5. The molecule has 1 aliphatic heterocycles. The topological polar surface area (TPSA) is 84.7 Å². The van der Waals surface area contributed by atoms with E-state index in [1.807, 2.05) is 25.1 Å². The minimum Gasteiger partial charge on any atom is -0.378 e. The molecule has 2 aliphatic rings. The highest BCUT2D eigenvalue weighted by Gasteiger charge is 2.26. The van der Waals surface area contributed by atoms with Crippen molar-refractivity contribution in [1.82, 2.24) is 4.90 Å². The molecule has 0 aromatic heterocycles. The van der Waals surface area contributed by atoms with Gasteiger partial charge in [0.25, 0.3) is 5.91 Å². The summed E-state index contributed by atoms with van der Waals surface area (Å²) in [6, 6.07) is 5.60. The fraction of sp³-hybridized carbons (Fsp3) is 0.579. The summed E-state index contributed by atoms with van der Waals surface area (Å²) in [6.45, 7) is 4.24. The van der Waals surface area contributed by atoms with Gasteiger partial charge in [0.2, 0.25) is 5.91 Å². The zero-order valence-corrected chi connectivity index (χ0v) is 16.0. The summed E-state index contributed by atoms with van der Waals surface area (Å²) in [5.74, 6) is 0.231. The first kappa shape index (κ1) is 20.7. The normalized spacial score (nSPS) is 22.6. The molecule has 1 aliphatic carbocycles. The Morgan fingerprint density at radius 2 is 2.00 bits per heavy atom. The lowest BCUT2D eigenvalue weighted by molar-refractivity contribution is -0.117. The molecule has 3 N–H and O–H groups in total. The number of nitrogens with two attached hydrogens (primary N) is 1. The number of amides is 2. The number of benzene rings is 1. The Labute approximate surface area is 160 Å². The molecule has 1 aromatic carbocycles. The van der Waals surface area contributed by atoms with E-state index >= 15 is 0 Å². The van der Waals surface area contributed by atoms with E-state index in [9.17, 15) is 9.59 Å². The van der Waals surface area contributed by atoms with E-state index in [2.05, 4.69) is 5.32 Å². The van der Waals surface area contributed by atoms with Gasteiger partial charge in [-0.1, -0.05) is 12.5 Å². The van der Waals surface area contributed by atoms with E-state index in [0.29, 0.717) is 44.0 Å². The van der Waals surface area contributed by atoms with Crippen LogP contribution in [0.15, 0.2) is 18.2 Å². The lowest BCUT2D eigenvalue weighted by Crippen LogP contribution is -2.41. The number of rotatable bonds is 4. The lowest BCUT2D eigenvalue weighted by atomic mass is 9.99. The summed E-state index contributed by atoms with van der Waals surface area (Å²) in [7, 11) is 0. The van der Waals surface area contributed by atoms with Crippen molar-refractivity contribution in [3.05, 3.63) is 29.3 Å². The Balaban J connectivity index is 0.00000243. The SMILES string of the molecule is Cc1c(NC(=O)C[C@@H]2CCC[C@H]2N)cccc1C(=O)N1CCOCC1.Cl. The van der Waals surface area contributed by atoms with Gasteiger partial charge < -0.3 is 20.7 Å². The maximum atomic E-state index is 12.7. The minimum atomic E-state index is -0.0265. The van der Waals surface area contributed by atoms with Crippen LogP contribution in [-0.4, -0.2) is 49.1 Å². The second-order valence-electron chi connectivity index (χ2n) is 6.99. The average molecular weight is 382 g/mol. The van der Waals surface area contributed by atoms with Gasteiger partial charge in [-0.2, -0.15) is 0 Å². The molecular weight excluding hydrogens is 354 g/mol. The predicted molar refractivity (Wildman–Crippen MR) is 104 cm³/mol. The first-order valence-corrected chi connectivity index (χ1v) is 9.08. The number of halogens is 1. The van der Waals surface area contributed by atoms with Crippen LogP contribution in [0.2, 0.25) is 0 Å². The monoisotopic (exact) mass is 381 g/mol. The van der Waals surface area contributed by atoms with Crippen molar-refractivity contribution in [2.75, 3.05) is 31.6 Å². The lowest BCUT2D eigenvalue weighted by Gasteiger charge is -2.27. The van der Waals surface area contributed by atoms with Crippen LogP contribution in [-0.2, 0) is 9.53 Å². The minimum absolute atomic E-state index is 0. The number of anilines is 1. The van der Waals surface area contributed by atoms with E-state index in [-0.39, 0.29) is 36.2 Å². The van der Waals surface area contributed by atoms with Crippen molar-refractivity contribution in [2.45, 2.75) is 38.6 Å². The number of nitrogens with one attached hydrogen (secondary N) is 1. The molecule has 2 amide bonds. The molecule has 7 heteroatoms. The molecule has 26 heavy (non-hydrogen) atoms. The van der Waals surface area contributed by atoms with Crippen molar-refractivity contribution >= 4 is 29.9 Å². The van der Waals surface area contributed by atoms with Gasteiger partial charge in [0, 0.05) is 36.8 Å². The number of hydrogen-bond acceptors (Lipinski definition) is 4. The largest absolute Gasteiger partial charge is 0.378 e. The quantitative estimate of drug-likeness (QED) is 0.838. The van der Waals surface area contributed by atoms with E-state index in [0.717, 1.165) is 24.8 Å². The van der Waals surface area contributed by atoms with Crippen LogP contribution in [0.4, 0.5) is 5.69 Å². The molecule has 1 saturated carbocycles. The van der Waals surface area contributed by atoms with Gasteiger partial charge in [0.05, 0.1) is 13.2 Å². The van der Waals surface area contributed by atoms with Crippen molar-refractivity contribution in [1.29, 1.82) is 0 Å². The van der Waals surface area contributed by atoms with Gasteiger partial charge in [0.1, 0.15) is 0 Å². The van der Waals surface area contributed by atoms with Crippen LogP contribution >= 0.6 is 12.4 Å². The number of carbonyl (C=O) groups is 2. The van der Waals surface area contributed by atoms with Crippen LogP contribution in [0.3, 0.4) is 0 Å². The van der Waals surface area contributed by atoms with Gasteiger partial charge in [0.15, 0.2) is 0 Å². The molecule has 0 unspecified atom stereocenters. The Hall–Kier alpha value is -1.63. The Bertz CT molecular complexity index is 647. The second-order valence-corrected chi connectivity index (χ2v) is 6.99. The Kier molecular flexibility index (Phi) is 7.43. The van der Waals surface area contributed by atoms with Crippen molar-refractivity contribution in [3.8, 4) is 0 Å². The molecule has 0 spiro atoms. The molecule has 2 atom stereocenters. The predicted octanol–water partition coefficient (Wildman–Crippen LogP) is 2.35. The Morgan fingerprint density at radius 3 is 2.65 bits per heavy atom. The average Bonchev–Trinajstić information content (AvgIpc) is 3.01. The van der Waals surface area contributed by atoms with Crippen LogP contribution < -0.4 is 11.1 Å². The first-order chi connectivity index (χ1) is 12.1. The van der Waals surface area contributed by atoms with E-state index < -0.39 is 0 Å². The van der Waals surface area contributed by atoms with Gasteiger partial charge in [-0.15, -0.1) is 12.4 Å². The standard InChI is InChI=1S/C19H27N3O3.ClH/c1-13-15(19(24)22-8-10-25-11-9-22)5-3-7-17(13)21-18(23)12-14-4-2-6-16(14)20;/h3,5,7,14,16H,2,4,6,8-12,20H2,1H3,(H,21,23);1H/t14-,16+;/m0./s1. The highest BCUT2D eigenvalue weighted by molar-refractivity contribution is 5.99. The Morgan fingerprint density at radius 1 is 1.27 bits per heavy atom. The van der Waals surface area contributed by atoms with Crippen molar-refractivity contribution < 1.29 is 14.3 Å². The molecule has 3 rings (SSSR count). The highest BCUT2D eigenvalue weighted by Crippen LogP contribution is 2.28. The number of carbonyl (C=O) groups excluding carboxylic acids is 2. The zero-order chi connectivity index (χ0) is 17.8. The van der Waals surface area contributed by atoms with E-state index in [1.165, 1.54) is 0 Å². The van der Waals surface area contributed by atoms with Crippen LogP contribution in [0.1, 0.15) is 41.6 Å². The molecule has 1 aromatic rings. The fourth-order valence-electron chi connectivity index (χ4n) is 3.70. The summed E-state index contributed by atoms with van der Waals surface area (Å²) in [5.41, 5.74) is 8.21. The zero-order valence-electron chi connectivity index (χ0n) is 15.2. The summed E-state index contributed by atoms with van der Waals surface area (Å²) < 4.78 is 5.30. The smallest absolute Gasteiger partial charge is 0.254 e. The van der Waals surface area contributed by atoms with Crippen LogP contribution in [0.25, 0.3) is 0 Å². The molecule has 2 fully saturated rings. The third kappa shape index (κ3) is 4.75. The molecule has 6 nitrogen and oxygen atoms in total. The first-order valence-electron chi connectivity index (χ1n) is 9.08. The maximum absolute atomic E-state index is 12.7. The maximum Gasteiger partial charge on any atom is 0.254 e. The van der Waals surface area contributed by atoms with Gasteiger partial charge in [-0.3, -0.25) is 9.59 Å². The van der Waals surface area contributed by atoms with E-state index in [1.54, 1.807) is 4.90 Å². The molecule has 144 valence electrons. The van der Waals surface area contributed by atoms with Crippen LogP contribution in [0, 0.1) is 12.8 Å². The molecule has 0 bridgehead atoms. The fourth-order valence-corrected chi connectivity index (χ4v) is 3.70. The molecule has 0 radical (unpaired) electrons. The number of hydrogen-bond donors (Lipinski definition) is 2. The second kappa shape index (κ2) is 9.35. The molecular formula is C19H28ClN3O3. The summed E-state index contributed by atoms with van der Waals surface area (Å²) >= 11 is 0. The summed E-state index contributed by atoms with van der Waals surface area (Å²) in [4.78, 5) is 26.9. The van der Waals surface area contributed by atoms with Gasteiger partial charge in [-0.05, 0) is 43.4 Å². The van der Waals surface area contributed by atoms with Crippen LogP contribution in [0.5, 0.6) is 0 Å².